The van der Waals surface area contributed by atoms with E-state index in [-0.39, 0.29) is 0 Å². The molecule has 1 aromatic rings. The van der Waals surface area contributed by atoms with E-state index in [9.17, 15) is 0 Å². The fraction of sp³-hybridized carbons (Fsp3) is 0.538. The first kappa shape index (κ1) is 10.7. The lowest BCUT2D eigenvalue weighted by atomic mass is 10.1. The summed E-state index contributed by atoms with van der Waals surface area (Å²) in [5, 5.41) is 3.47. The van der Waals surface area contributed by atoms with Crippen LogP contribution in [-0.4, -0.2) is 18.7 Å². The van der Waals surface area contributed by atoms with Gasteiger partial charge in [0.1, 0.15) is 0 Å². The molecule has 2 heteroatoms. The molecule has 0 aliphatic carbocycles. The Balaban J connectivity index is 1.75. The molecule has 0 aromatic heterocycles. The Labute approximate surface area is 91.6 Å². The first-order chi connectivity index (χ1) is 7.38. The third-order valence-corrected chi connectivity index (χ3v) is 3.00. The van der Waals surface area contributed by atoms with Crippen molar-refractivity contribution in [2.24, 2.45) is 0 Å². The predicted octanol–water partition coefficient (Wildman–Crippen LogP) is 2.34. The maximum Gasteiger partial charge on any atom is 0.0721 e. The summed E-state index contributed by atoms with van der Waals surface area (Å²) in [4.78, 5) is 0. The van der Waals surface area contributed by atoms with Crippen LogP contribution in [0.1, 0.15) is 25.3 Å². The normalized spacial score (nSPS) is 25.7. The van der Waals surface area contributed by atoms with E-state index in [2.05, 4.69) is 36.5 Å². The standard InChI is InChI=1S/C13H19NO/c1-2-12-8-13(9-14-12)15-10-11-6-4-3-5-7-11/h3-7,12-14H,2,8-10H2,1H3. The second-order valence-corrected chi connectivity index (χ2v) is 4.17. The van der Waals surface area contributed by atoms with E-state index in [1.165, 1.54) is 12.0 Å². The maximum atomic E-state index is 5.86. The SMILES string of the molecule is CCC1CC(OCc2ccccc2)CN1. The average molecular weight is 205 g/mol. The Morgan fingerprint density at radius 3 is 2.80 bits per heavy atom. The number of ether oxygens (including phenoxy) is 1. The molecule has 0 spiro atoms. The zero-order chi connectivity index (χ0) is 10.5. The summed E-state index contributed by atoms with van der Waals surface area (Å²) >= 11 is 0. The van der Waals surface area contributed by atoms with Crippen LogP contribution in [-0.2, 0) is 11.3 Å². The molecule has 2 nitrogen and oxygen atoms in total. The van der Waals surface area contributed by atoms with Gasteiger partial charge in [0, 0.05) is 12.6 Å². The first-order valence-corrected chi connectivity index (χ1v) is 5.77. The van der Waals surface area contributed by atoms with Crippen LogP contribution in [0.5, 0.6) is 0 Å². The topological polar surface area (TPSA) is 21.3 Å². The number of rotatable bonds is 4. The Bertz CT molecular complexity index is 286. The average Bonchev–Trinajstić information content (AvgIpc) is 2.76. The molecule has 1 fully saturated rings. The number of nitrogens with one attached hydrogen (secondary N) is 1. The van der Waals surface area contributed by atoms with E-state index in [1.807, 2.05) is 6.07 Å². The monoisotopic (exact) mass is 205 g/mol. The van der Waals surface area contributed by atoms with Crippen molar-refractivity contribution >= 4 is 0 Å². The molecule has 2 unspecified atom stereocenters. The van der Waals surface area contributed by atoms with Gasteiger partial charge in [0.05, 0.1) is 12.7 Å². The summed E-state index contributed by atoms with van der Waals surface area (Å²) in [5.74, 6) is 0. The third kappa shape index (κ3) is 3.05. The summed E-state index contributed by atoms with van der Waals surface area (Å²) < 4.78 is 5.86. The minimum Gasteiger partial charge on any atom is -0.372 e. The molecule has 1 aliphatic rings. The van der Waals surface area contributed by atoms with Gasteiger partial charge in [0.15, 0.2) is 0 Å². The lowest BCUT2D eigenvalue weighted by Gasteiger charge is -2.10. The molecule has 1 aromatic carbocycles. The van der Waals surface area contributed by atoms with E-state index in [0.717, 1.165) is 19.6 Å². The van der Waals surface area contributed by atoms with Crippen LogP contribution in [0.25, 0.3) is 0 Å². The molecule has 0 saturated carbocycles. The van der Waals surface area contributed by atoms with Gasteiger partial charge in [-0.1, -0.05) is 37.3 Å². The minimum absolute atomic E-state index is 0.398. The Morgan fingerprint density at radius 1 is 1.33 bits per heavy atom. The van der Waals surface area contributed by atoms with Crippen molar-refractivity contribution in [1.82, 2.24) is 5.32 Å². The van der Waals surface area contributed by atoms with E-state index in [1.54, 1.807) is 0 Å². The number of hydrogen-bond acceptors (Lipinski definition) is 2. The van der Waals surface area contributed by atoms with Crippen molar-refractivity contribution in [3.05, 3.63) is 35.9 Å². The van der Waals surface area contributed by atoms with Crippen LogP contribution in [0.3, 0.4) is 0 Å². The number of benzene rings is 1. The second kappa shape index (κ2) is 5.29. The zero-order valence-corrected chi connectivity index (χ0v) is 9.28. The largest absolute Gasteiger partial charge is 0.372 e. The molecular formula is C13H19NO. The van der Waals surface area contributed by atoms with Crippen molar-refractivity contribution in [1.29, 1.82) is 0 Å². The molecule has 1 heterocycles. The fourth-order valence-electron chi connectivity index (χ4n) is 2.01. The highest BCUT2D eigenvalue weighted by atomic mass is 16.5. The van der Waals surface area contributed by atoms with Crippen LogP contribution in [0.15, 0.2) is 30.3 Å². The van der Waals surface area contributed by atoms with E-state index >= 15 is 0 Å². The Kier molecular flexibility index (Phi) is 3.75. The maximum absolute atomic E-state index is 5.86. The highest BCUT2D eigenvalue weighted by molar-refractivity contribution is 5.13. The summed E-state index contributed by atoms with van der Waals surface area (Å²) in [7, 11) is 0. The molecule has 1 saturated heterocycles. The molecule has 0 amide bonds. The highest BCUT2D eigenvalue weighted by Gasteiger charge is 2.22. The van der Waals surface area contributed by atoms with Gasteiger partial charge in [0.25, 0.3) is 0 Å². The van der Waals surface area contributed by atoms with Crippen LogP contribution < -0.4 is 5.32 Å². The molecule has 2 rings (SSSR count). The highest BCUT2D eigenvalue weighted by Crippen LogP contribution is 2.14. The van der Waals surface area contributed by atoms with Gasteiger partial charge in [-0.15, -0.1) is 0 Å². The van der Waals surface area contributed by atoms with Gasteiger partial charge < -0.3 is 10.1 Å². The van der Waals surface area contributed by atoms with Gasteiger partial charge in [-0.25, -0.2) is 0 Å². The van der Waals surface area contributed by atoms with Crippen molar-refractivity contribution in [2.75, 3.05) is 6.54 Å². The lowest BCUT2D eigenvalue weighted by Crippen LogP contribution is -2.20. The minimum atomic E-state index is 0.398. The van der Waals surface area contributed by atoms with Crippen LogP contribution in [0.2, 0.25) is 0 Å². The second-order valence-electron chi connectivity index (χ2n) is 4.17. The molecule has 0 radical (unpaired) electrons. The molecule has 1 N–H and O–H groups in total. The molecular weight excluding hydrogens is 186 g/mol. The molecule has 0 bridgehead atoms. The number of hydrogen-bond donors (Lipinski definition) is 1. The Hall–Kier alpha value is -0.860. The van der Waals surface area contributed by atoms with Crippen LogP contribution in [0, 0.1) is 0 Å². The van der Waals surface area contributed by atoms with Crippen molar-refractivity contribution in [3.63, 3.8) is 0 Å². The molecule has 2 atom stereocenters. The third-order valence-electron chi connectivity index (χ3n) is 3.00. The fourth-order valence-corrected chi connectivity index (χ4v) is 2.01. The van der Waals surface area contributed by atoms with Crippen molar-refractivity contribution < 1.29 is 4.74 Å². The quantitative estimate of drug-likeness (QED) is 0.814. The van der Waals surface area contributed by atoms with Gasteiger partial charge in [-0.3, -0.25) is 0 Å². The predicted molar refractivity (Wildman–Crippen MR) is 61.7 cm³/mol. The van der Waals surface area contributed by atoms with Gasteiger partial charge in [-0.2, -0.15) is 0 Å². The van der Waals surface area contributed by atoms with Crippen LogP contribution >= 0.6 is 0 Å². The van der Waals surface area contributed by atoms with Crippen molar-refractivity contribution in [3.8, 4) is 0 Å². The van der Waals surface area contributed by atoms with Crippen molar-refractivity contribution in [2.45, 2.75) is 38.5 Å². The van der Waals surface area contributed by atoms with Crippen LogP contribution in [0.4, 0.5) is 0 Å². The summed E-state index contributed by atoms with van der Waals surface area (Å²) in [6.45, 7) is 3.96. The summed E-state index contributed by atoms with van der Waals surface area (Å²) in [6.07, 6.45) is 2.75. The smallest absolute Gasteiger partial charge is 0.0721 e. The van der Waals surface area contributed by atoms with E-state index in [4.69, 9.17) is 4.74 Å². The molecule has 15 heavy (non-hydrogen) atoms. The van der Waals surface area contributed by atoms with Gasteiger partial charge in [-0.05, 0) is 18.4 Å². The molecule has 82 valence electrons. The summed E-state index contributed by atoms with van der Waals surface area (Å²) in [5.41, 5.74) is 1.26. The van der Waals surface area contributed by atoms with Gasteiger partial charge >= 0.3 is 0 Å². The first-order valence-electron chi connectivity index (χ1n) is 5.77. The van der Waals surface area contributed by atoms with E-state index in [0.29, 0.717) is 12.1 Å². The Morgan fingerprint density at radius 2 is 2.13 bits per heavy atom. The summed E-state index contributed by atoms with van der Waals surface area (Å²) in [6, 6.07) is 11.0. The molecule has 1 aliphatic heterocycles. The zero-order valence-electron chi connectivity index (χ0n) is 9.28. The van der Waals surface area contributed by atoms with E-state index < -0.39 is 0 Å². The van der Waals surface area contributed by atoms with Gasteiger partial charge in [0.2, 0.25) is 0 Å². The lowest BCUT2D eigenvalue weighted by molar-refractivity contribution is 0.0525.